The molecule has 1 aliphatic heterocycles. The molecule has 0 saturated heterocycles. The molecule has 4 aromatic rings. The number of thiazole rings is 1. The van der Waals surface area contributed by atoms with Gasteiger partial charge in [0.05, 0.1) is 28.5 Å². The molecular formula is C22H15N3OS. The number of aromatic nitrogens is 2. The Morgan fingerprint density at radius 3 is 2.30 bits per heavy atom. The lowest BCUT2D eigenvalue weighted by molar-refractivity contribution is -0.106. The number of hydrogen-bond acceptors (Lipinski definition) is 5. The normalized spacial score (nSPS) is 11.9. The largest absolute Gasteiger partial charge is 0.333 e. The zero-order chi connectivity index (χ0) is 18.2. The summed E-state index contributed by atoms with van der Waals surface area (Å²) in [4.78, 5) is 23.7. The van der Waals surface area contributed by atoms with Crippen molar-refractivity contribution in [1.29, 1.82) is 0 Å². The zero-order valence-electron chi connectivity index (χ0n) is 14.4. The molecule has 0 saturated carbocycles. The van der Waals surface area contributed by atoms with Crippen LogP contribution in [0.4, 0.5) is 11.4 Å². The molecule has 0 atom stereocenters. The zero-order valence-corrected chi connectivity index (χ0v) is 15.2. The van der Waals surface area contributed by atoms with E-state index in [9.17, 15) is 4.79 Å². The Hall–Kier alpha value is -3.31. The molecule has 0 unspecified atom stereocenters. The number of rotatable bonds is 3. The molecule has 0 N–H and O–H groups in total. The van der Waals surface area contributed by atoms with Crippen LogP contribution in [0.1, 0.15) is 0 Å². The van der Waals surface area contributed by atoms with Crippen molar-refractivity contribution in [3.63, 3.8) is 0 Å². The van der Waals surface area contributed by atoms with Crippen molar-refractivity contribution in [3.8, 4) is 32.3 Å². The number of benzene rings is 2. The predicted octanol–water partition coefficient (Wildman–Crippen LogP) is 5.19. The molecule has 4 nitrogen and oxygen atoms in total. The maximum absolute atomic E-state index is 11.4. The first-order valence-electron chi connectivity index (χ1n) is 8.68. The van der Waals surface area contributed by atoms with E-state index < -0.39 is 0 Å². The molecule has 0 radical (unpaired) electrons. The Morgan fingerprint density at radius 2 is 1.56 bits per heavy atom. The summed E-state index contributed by atoms with van der Waals surface area (Å²) in [7, 11) is 0. The molecule has 5 heteroatoms. The number of hydrogen-bond donors (Lipinski definition) is 0. The summed E-state index contributed by atoms with van der Waals surface area (Å²) in [6.07, 6.45) is 4.52. The standard InChI is InChI=1S/C22H15N3OS/c26-14-13-25-18-7-3-1-5-16(18)20-21(17-6-2-4-8-19(17)25)27-22(24-20)15-9-11-23-12-10-15/h1-12,14H,13H2. The van der Waals surface area contributed by atoms with Crippen LogP contribution in [0.25, 0.3) is 32.3 Å². The molecule has 0 amide bonds. The van der Waals surface area contributed by atoms with Gasteiger partial charge in [-0.1, -0.05) is 36.4 Å². The first-order chi connectivity index (χ1) is 13.4. The highest BCUT2D eigenvalue weighted by Gasteiger charge is 2.27. The highest BCUT2D eigenvalue weighted by atomic mass is 32.1. The Morgan fingerprint density at radius 1 is 0.889 bits per heavy atom. The van der Waals surface area contributed by atoms with E-state index in [1.165, 1.54) is 0 Å². The second-order valence-corrected chi connectivity index (χ2v) is 7.24. The number of fused-ring (bicyclic) bond motifs is 5. The molecule has 5 rings (SSSR count). The number of carbonyl (C=O) groups excluding carboxylic acids is 1. The SMILES string of the molecule is O=CCN1c2ccccc2-c2nc(-c3ccncc3)sc2-c2ccccc21. The van der Waals surface area contributed by atoms with Crippen molar-refractivity contribution in [2.24, 2.45) is 0 Å². The summed E-state index contributed by atoms with van der Waals surface area (Å²) in [5, 5.41) is 0.968. The number of aldehydes is 1. The molecule has 0 fully saturated rings. The molecule has 1 aliphatic rings. The van der Waals surface area contributed by atoms with E-state index >= 15 is 0 Å². The van der Waals surface area contributed by atoms with Crippen LogP contribution in [0.2, 0.25) is 0 Å². The lowest BCUT2D eigenvalue weighted by atomic mass is 10.1. The highest BCUT2D eigenvalue weighted by Crippen LogP contribution is 2.50. The topological polar surface area (TPSA) is 46.1 Å². The van der Waals surface area contributed by atoms with Crippen LogP contribution < -0.4 is 4.90 Å². The van der Waals surface area contributed by atoms with Crippen LogP contribution in [-0.2, 0) is 4.79 Å². The Bertz CT molecular complexity index is 1070. The third-order valence-corrected chi connectivity index (χ3v) is 5.84. The van der Waals surface area contributed by atoms with Crippen molar-refractivity contribution in [2.45, 2.75) is 0 Å². The van der Waals surface area contributed by atoms with Crippen LogP contribution in [0, 0.1) is 0 Å². The van der Waals surface area contributed by atoms with Gasteiger partial charge >= 0.3 is 0 Å². The smallest absolute Gasteiger partial charge is 0.139 e. The summed E-state index contributed by atoms with van der Waals surface area (Å²) in [5.41, 5.74) is 6.19. The third kappa shape index (κ3) is 2.55. The predicted molar refractivity (Wildman–Crippen MR) is 109 cm³/mol. The second kappa shape index (κ2) is 6.45. The summed E-state index contributed by atoms with van der Waals surface area (Å²) < 4.78 is 0. The lowest BCUT2D eigenvalue weighted by Gasteiger charge is -2.24. The van der Waals surface area contributed by atoms with Gasteiger partial charge in [0, 0.05) is 29.1 Å². The molecule has 2 aromatic carbocycles. The van der Waals surface area contributed by atoms with Gasteiger partial charge in [0.2, 0.25) is 0 Å². The van der Waals surface area contributed by atoms with Crippen LogP contribution >= 0.6 is 11.3 Å². The molecule has 0 bridgehead atoms. The average Bonchev–Trinajstić information content (AvgIpc) is 3.14. The van der Waals surface area contributed by atoms with Gasteiger partial charge in [-0.15, -0.1) is 11.3 Å². The Labute approximate surface area is 160 Å². The molecule has 0 spiro atoms. The van der Waals surface area contributed by atoms with Gasteiger partial charge < -0.3 is 9.69 Å². The van der Waals surface area contributed by atoms with E-state index in [1.54, 1.807) is 23.7 Å². The Balaban J connectivity index is 1.82. The number of nitrogens with zero attached hydrogens (tertiary/aromatic N) is 3. The van der Waals surface area contributed by atoms with Crippen molar-refractivity contribution in [2.75, 3.05) is 11.4 Å². The fourth-order valence-electron chi connectivity index (χ4n) is 3.51. The Kier molecular flexibility index (Phi) is 3.80. The van der Waals surface area contributed by atoms with Crippen molar-refractivity contribution >= 4 is 29.0 Å². The molecule has 27 heavy (non-hydrogen) atoms. The quantitative estimate of drug-likeness (QED) is 0.466. The first-order valence-corrected chi connectivity index (χ1v) is 9.49. The summed E-state index contributed by atoms with van der Waals surface area (Å²) in [6, 6.07) is 20.3. The van der Waals surface area contributed by atoms with Crippen LogP contribution in [-0.4, -0.2) is 22.8 Å². The van der Waals surface area contributed by atoms with E-state index in [-0.39, 0.29) is 0 Å². The van der Waals surface area contributed by atoms with Crippen molar-refractivity contribution in [3.05, 3.63) is 73.1 Å². The molecular weight excluding hydrogens is 354 g/mol. The maximum Gasteiger partial charge on any atom is 0.139 e. The van der Waals surface area contributed by atoms with Crippen LogP contribution in [0.5, 0.6) is 0 Å². The lowest BCUT2D eigenvalue weighted by Crippen LogP contribution is -2.19. The summed E-state index contributed by atoms with van der Waals surface area (Å²) >= 11 is 1.67. The molecule has 130 valence electrons. The fourth-order valence-corrected chi connectivity index (χ4v) is 4.63. The average molecular weight is 369 g/mol. The van der Waals surface area contributed by atoms with E-state index in [0.29, 0.717) is 6.54 Å². The molecule has 2 aromatic heterocycles. The van der Waals surface area contributed by atoms with Crippen molar-refractivity contribution < 1.29 is 4.79 Å². The van der Waals surface area contributed by atoms with Gasteiger partial charge in [-0.2, -0.15) is 0 Å². The minimum Gasteiger partial charge on any atom is -0.333 e. The summed E-state index contributed by atoms with van der Waals surface area (Å²) in [5.74, 6) is 0. The summed E-state index contributed by atoms with van der Waals surface area (Å²) in [6.45, 7) is 0.306. The number of para-hydroxylation sites is 2. The third-order valence-electron chi connectivity index (χ3n) is 4.70. The van der Waals surface area contributed by atoms with Crippen LogP contribution in [0.3, 0.4) is 0 Å². The second-order valence-electron chi connectivity index (χ2n) is 6.24. The first kappa shape index (κ1) is 15.9. The number of pyridine rings is 1. The minimum atomic E-state index is 0.306. The van der Waals surface area contributed by atoms with Gasteiger partial charge in [-0.25, -0.2) is 4.98 Å². The van der Waals surface area contributed by atoms with Gasteiger partial charge in [-0.05, 0) is 24.3 Å². The van der Waals surface area contributed by atoms with E-state index in [2.05, 4.69) is 34.1 Å². The van der Waals surface area contributed by atoms with Crippen molar-refractivity contribution in [1.82, 2.24) is 9.97 Å². The highest BCUT2D eigenvalue weighted by molar-refractivity contribution is 7.19. The van der Waals surface area contributed by atoms with Gasteiger partial charge in [0.15, 0.2) is 0 Å². The monoisotopic (exact) mass is 369 g/mol. The fraction of sp³-hybridized carbons (Fsp3) is 0.0455. The molecule has 0 aliphatic carbocycles. The molecule has 3 heterocycles. The van der Waals surface area contributed by atoms with Gasteiger partial charge in [-0.3, -0.25) is 4.98 Å². The number of carbonyl (C=O) groups is 1. The number of anilines is 2. The van der Waals surface area contributed by atoms with Gasteiger partial charge in [0.1, 0.15) is 11.3 Å². The van der Waals surface area contributed by atoms with E-state index in [1.807, 2.05) is 36.4 Å². The van der Waals surface area contributed by atoms with E-state index in [0.717, 1.165) is 49.9 Å². The maximum atomic E-state index is 11.4. The minimum absolute atomic E-state index is 0.306. The van der Waals surface area contributed by atoms with E-state index in [4.69, 9.17) is 4.98 Å². The van der Waals surface area contributed by atoms with Gasteiger partial charge in [0.25, 0.3) is 0 Å². The van der Waals surface area contributed by atoms with Crippen LogP contribution in [0.15, 0.2) is 73.1 Å².